The molecule has 4 heteroatoms. The second kappa shape index (κ2) is 5.65. The van der Waals surface area contributed by atoms with E-state index in [4.69, 9.17) is 10.5 Å². The molecule has 0 aliphatic rings. The van der Waals surface area contributed by atoms with Crippen LogP contribution in [0.3, 0.4) is 0 Å². The number of methoxy groups -OCH3 is 1. The summed E-state index contributed by atoms with van der Waals surface area (Å²) in [4.78, 5) is 11.6. The largest absolute Gasteiger partial charge is 0.465 e. The number of rotatable bonds is 3. The molecule has 0 unspecified atom stereocenters. The van der Waals surface area contributed by atoms with Crippen LogP contribution in [0.2, 0.25) is 0 Å². The Morgan fingerprint density at radius 3 is 2.50 bits per heavy atom. The average Bonchev–Trinajstić information content (AvgIpc) is 2.43. The number of carbonyl (C=O) groups is 1. The van der Waals surface area contributed by atoms with E-state index in [0.717, 1.165) is 11.3 Å². The Morgan fingerprint density at radius 2 is 1.85 bits per heavy atom. The van der Waals surface area contributed by atoms with E-state index in [1.165, 1.54) is 12.7 Å². The van der Waals surface area contributed by atoms with Gasteiger partial charge in [-0.2, -0.15) is 0 Å². The summed E-state index contributed by atoms with van der Waals surface area (Å²) in [7, 11) is 1.32. The number of ether oxygens (including phenoxy) is 2. The highest BCUT2D eigenvalue weighted by molar-refractivity contribution is 5.95. The maximum atomic E-state index is 11.6. The van der Waals surface area contributed by atoms with Crippen molar-refractivity contribution in [3.63, 3.8) is 0 Å². The van der Waals surface area contributed by atoms with Gasteiger partial charge < -0.3 is 15.2 Å². The molecule has 0 saturated heterocycles. The number of carbonyl (C=O) groups excluding carboxylic acids is 1. The first-order valence-electron chi connectivity index (χ1n) is 6.24. The number of hydrogen-bond acceptors (Lipinski definition) is 4. The second-order valence-electron chi connectivity index (χ2n) is 4.61. The Labute approximate surface area is 118 Å². The lowest BCUT2D eigenvalue weighted by atomic mass is 10.1. The highest BCUT2D eigenvalue weighted by Crippen LogP contribution is 2.28. The zero-order valence-corrected chi connectivity index (χ0v) is 11.8. The van der Waals surface area contributed by atoms with Gasteiger partial charge in [-0.05, 0) is 43.7 Å². The lowest BCUT2D eigenvalue weighted by molar-refractivity contribution is 0.0601. The van der Waals surface area contributed by atoms with Gasteiger partial charge in [-0.15, -0.1) is 0 Å². The van der Waals surface area contributed by atoms with Crippen LogP contribution in [0, 0.1) is 13.8 Å². The number of nitrogens with two attached hydrogens (primary N) is 1. The number of benzene rings is 2. The van der Waals surface area contributed by atoms with Crippen molar-refractivity contribution in [1.29, 1.82) is 0 Å². The van der Waals surface area contributed by atoms with Gasteiger partial charge in [-0.3, -0.25) is 0 Å². The van der Waals surface area contributed by atoms with Crippen molar-refractivity contribution >= 4 is 11.7 Å². The zero-order chi connectivity index (χ0) is 14.7. The predicted octanol–water partition coefficient (Wildman–Crippen LogP) is 3.46. The summed E-state index contributed by atoms with van der Waals surface area (Å²) in [6.07, 6.45) is 0. The summed E-state index contributed by atoms with van der Waals surface area (Å²) in [5.74, 6) is 0.816. The molecule has 0 heterocycles. The fraction of sp³-hybridized carbons (Fsp3) is 0.188. The van der Waals surface area contributed by atoms with E-state index in [1.54, 1.807) is 18.2 Å². The van der Waals surface area contributed by atoms with Crippen LogP contribution < -0.4 is 10.5 Å². The summed E-state index contributed by atoms with van der Waals surface area (Å²) >= 11 is 0. The van der Waals surface area contributed by atoms with Crippen molar-refractivity contribution in [3.8, 4) is 11.5 Å². The van der Waals surface area contributed by atoms with E-state index in [1.807, 2.05) is 32.0 Å². The molecule has 20 heavy (non-hydrogen) atoms. The van der Waals surface area contributed by atoms with E-state index in [-0.39, 0.29) is 0 Å². The SMILES string of the molecule is COC(=O)c1cc(Oc2ccc(C)cc2C)ccc1N. The van der Waals surface area contributed by atoms with Gasteiger partial charge in [0.15, 0.2) is 0 Å². The van der Waals surface area contributed by atoms with Gasteiger partial charge in [0.05, 0.1) is 12.7 Å². The highest BCUT2D eigenvalue weighted by atomic mass is 16.5. The molecule has 0 spiro atoms. The Bertz CT molecular complexity index is 650. The Kier molecular flexibility index (Phi) is 3.94. The van der Waals surface area contributed by atoms with E-state index < -0.39 is 5.97 Å². The molecule has 0 fully saturated rings. The van der Waals surface area contributed by atoms with Gasteiger partial charge in [-0.25, -0.2) is 4.79 Å². The smallest absolute Gasteiger partial charge is 0.340 e. The minimum Gasteiger partial charge on any atom is -0.465 e. The van der Waals surface area contributed by atoms with Crippen molar-refractivity contribution < 1.29 is 14.3 Å². The van der Waals surface area contributed by atoms with Gasteiger partial charge in [-0.1, -0.05) is 17.7 Å². The number of nitrogen functional groups attached to an aromatic ring is 1. The average molecular weight is 271 g/mol. The first-order valence-corrected chi connectivity index (χ1v) is 6.24. The normalized spacial score (nSPS) is 10.2. The number of hydrogen-bond donors (Lipinski definition) is 1. The monoisotopic (exact) mass is 271 g/mol. The van der Waals surface area contributed by atoms with Crippen molar-refractivity contribution in [2.24, 2.45) is 0 Å². The van der Waals surface area contributed by atoms with Crippen molar-refractivity contribution in [3.05, 3.63) is 53.1 Å². The van der Waals surface area contributed by atoms with Crippen LogP contribution in [0.25, 0.3) is 0 Å². The first-order chi connectivity index (χ1) is 9.51. The number of anilines is 1. The quantitative estimate of drug-likeness (QED) is 0.686. The van der Waals surface area contributed by atoms with E-state index in [9.17, 15) is 4.79 Å². The zero-order valence-electron chi connectivity index (χ0n) is 11.8. The highest BCUT2D eigenvalue weighted by Gasteiger charge is 2.12. The van der Waals surface area contributed by atoms with Crippen LogP contribution >= 0.6 is 0 Å². The number of esters is 1. The minimum absolute atomic E-state index is 0.301. The van der Waals surface area contributed by atoms with Crippen molar-refractivity contribution in [1.82, 2.24) is 0 Å². The Balaban J connectivity index is 2.32. The van der Waals surface area contributed by atoms with Crippen LogP contribution in [-0.2, 0) is 4.74 Å². The molecular formula is C16H17NO3. The van der Waals surface area contributed by atoms with Gasteiger partial charge >= 0.3 is 5.97 Å². The minimum atomic E-state index is -0.478. The molecular weight excluding hydrogens is 254 g/mol. The molecule has 4 nitrogen and oxygen atoms in total. The third kappa shape index (κ3) is 2.91. The molecule has 2 aromatic rings. The molecule has 0 bridgehead atoms. The second-order valence-corrected chi connectivity index (χ2v) is 4.61. The number of aryl methyl sites for hydroxylation is 2. The maximum Gasteiger partial charge on any atom is 0.340 e. The lowest BCUT2D eigenvalue weighted by Crippen LogP contribution is -2.05. The van der Waals surface area contributed by atoms with E-state index in [0.29, 0.717) is 17.0 Å². The molecule has 0 radical (unpaired) electrons. The molecule has 2 aromatic carbocycles. The van der Waals surface area contributed by atoms with Gasteiger partial charge in [0.1, 0.15) is 11.5 Å². The molecule has 104 valence electrons. The third-order valence-corrected chi connectivity index (χ3v) is 2.99. The van der Waals surface area contributed by atoms with Crippen LogP contribution in [0.15, 0.2) is 36.4 Å². The van der Waals surface area contributed by atoms with Crippen LogP contribution in [0.5, 0.6) is 11.5 Å². The molecule has 0 saturated carbocycles. The summed E-state index contributed by atoms with van der Waals surface area (Å²) < 4.78 is 10.5. The predicted molar refractivity (Wildman–Crippen MR) is 78.2 cm³/mol. The first kappa shape index (κ1) is 13.9. The fourth-order valence-corrected chi connectivity index (χ4v) is 1.93. The standard InChI is InChI=1S/C16H17NO3/c1-10-4-7-15(11(2)8-10)20-12-5-6-14(17)13(9-12)16(18)19-3/h4-9H,17H2,1-3H3. The summed E-state index contributed by atoms with van der Waals surface area (Å²) in [6.45, 7) is 4.00. The molecule has 0 aliphatic carbocycles. The molecule has 0 aromatic heterocycles. The summed E-state index contributed by atoms with van der Waals surface area (Å²) in [6, 6.07) is 10.8. The van der Waals surface area contributed by atoms with Gasteiger partial charge in [0.25, 0.3) is 0 Å². The maximum absolute atomic E-state index is 11.6. The third-order valence-electron chi connectivity index (χ3n) is 2.99. The van der Waals surface area contributed by atoms with Gasteiger partial charge in [0, 0.05) is 5.69 Å². The Hall–Kier alpha value is -2.49. The Morgan fingerprint density at radius 1 is 1.10 bits per heavy atom. The fourth-order valence-electron chi connectivity index (χ4n) is 1.93. The summed E-state index contributed by atoms with van der Waals surface area (Å²) in [5.41, 5.74) is 8.62. The molecule has 2 rings (SSSR count). The van der Waals surface area contributed by atoms with Gasteiger partial charge in [0.2, 0.25) is 0 Å². The van der Waals surface area contributed by atoms with Crippen molar-refractivity contribution in [2.75, 3.05) is 12.8 Å². The van der Waals surface area contributed by atoms with Crippen LogP contribution in [0.4, 0.5) is 5.69 Å². The van der Waals surface area contributed by atoms with E-state index >= 15 is 0 Å². The summed E-state index contributed by atoms with van der Waals surface area (Å²) in [5, 5.41) is 0. The molecule has 2 N–H and O–H groups in total. The van der Waals surface area contributed by atoms with Crippen LogP contribution in [0.1, 0.15) is 21.5 Å². The molecule has 0 aliphatic heterocycles. The van der Waals surface area contributed by atoms with Crippen molar-refractivity contribution in [2.45, 2.75) is 13.8 Å². The molecule has 0 amide bonds. The molecule has 0 atom stereocenters. The topological polar surface area (TPSA) is 61.5 Å². The lowest BCUT2D eigenvalue weighted by Gasteiger charge is -2.11. The van der Waals surface area contributed by atoms with Crippen LogP contribution in [-0.4, -0.2) is 13.1 Å². The van der Waals surface area contributed by atoms with E-state index in [2.05, 4.69) is 4.74 Å².